The minimum Gasteiger partial charge on any atom is -0.494 e. The van der Waals surface area contributed by atoms with E-state index in [0.29, 0.717) is 36.4 Å². The minimum absolute atomic E-state index is 0.114. The second-order valence-corrected chi connectivity index (χ2v) is 9.68. The van der Waals surface area contributed by atoms with Crippen LogP contribution in [0.2, 0.25) is 0 Å². The van der Waals surface area contributed by atoms with E-state index in [9.17, 15) is 24.0 Å². The van der Waals surface area contributed by atoms with Crippen LogP contribution in [0, 0.1) is 5.92 Å². The number of likely N-dealkylation sites (N-methyl/N-ethyl adjacent to an activating group) is 1. The fourth-order valence-corrected chi connectivity index (χ4v) is 4.68. The van der Waals surface area contributed by atoms with Crippen LogP contribution < -0.4 is 20.7 Å². The molecule has 3 rings (SSSR count). The van der Waals surface area contributed by atoms with Gasteiger partial charge in [-0.2, -0.15) is 0 Å². The maximum absolute atomic E-state index is 13.1. The van der Waals surface area contributed by atoms with Gasteiger partial charge in [0.05, 0.1) is 18.2 Å². The number of nitrogens with zero attached hydrogens (tertiary/aromatic N) is 2. The van der Waals surface area contributed by atoms with Crippen LogP contribution in [-0.4, -0.2) is 75.0 Å². The molecule has 1 fully saturated rings. The molecule has 1 saturated heterocycles. The summed E-state index contributed by atoms with van der Waals surface area (Å²) in [6.45, 7) is 2.21. The lowest BCUT2D eigenvalue weighted by Crippen LogP contribution is -2.39. The van der Waals surface area contributed by atoms with E-state index >= 15 is 0 Å². The van der Waals surface area contributed by atoms with Crippen molar-refractivity contribution in [1.82, 2.24) is 10.2 Å². The fourth-order valence-electron chi connectivity index (χ4n) is 4.68. The zero-order chi connectivity index (χ0) is 28.4. The average Bonchev–Trinajstić information content (AvgIpc) is 2.97. The summed E-state index contributed by atoms with van der Waals surface area (Å²) in [6.07, 6.45) is 4.45. The molecule has 2 aromatic carbocycles. The van der Waals surface area contributed by atoms with Gasteiger partial charge in [0.1, 0.15) is 12.0 Å². The molecule has 10 nitrogen and oxygen atoms in total. The third kappa shape index (κ3) is 7.89. The second kappa shape index (κ2) is 14.1. The van der Waals surface area contributed by atoms with Gasteiger partial charge in [-0.05, 0) is 74.1 Å². The van der Waals surface area contributed by atoms with E-state index < -0.39 is 17.9 Å². The van der Waals surface area contributed by atoms with Gasteiger partial charge in [0.25, 0.3) is 5.91 Å². The lowest BCUT2D eigenvalue weighted by Gasteiger charge is -2.34. The van der Waals surface area contributed by atoms with Crippen molar-refractivity contribution in [3.63, 3.8) is 0 Å². The van der Waals surface area contributed by atoms with Crippen molar-refractivity contribution in [2.75, 3.05) is 38.7 Å². The van der Waals surface area contributed by atoms with Crippen molar-refractivity contribution >= 4 is 36.0 Å². The van der Waals surface area contributed by atoms with E-state index in [0.717, 1.165) is 38.0 Å². The number of amides is 3. The Kier molecular flexibility index (Phi) is 10.6. The molecule has 0 bridgehead atoms. The smallest absolute Gasteiger partial charge is 0.254 e. The summed E-state index contributed by atoms with van der Waals surface area (Å²) in [7, 11) is 3.01. The molecule has 1 aliphatic heterocycles. The Bertz CT molecular complexity index is 1170. The van der Waals surface area contributed by atoms with Gasteiger partial charge in [-0.1, -0.05) is 0 Å². The van der Waals surface area contributed by atoms with E-state index in [4.69, 9.17) is 10.5 Å². The zero-order valence-corrected chi connectivity index (χ0v) is 22.4. The fraction of sp³-hybridized carbons (Fsp3) is 0.414. The summed E-state index contributed by atoms with van der Waals surface area (Å²) in [5.41, 5.74) is 7.06. The molecule has 1 unspecified atom stereocenters. The van der Waals surface area contributed by atoms with Gasteiger partial charge in [-0.3, -0.25) is 19.2 Å². The maximum atomic E-state index is 13.1. The highest BCUT2D eigenvalue weighted by atomic mass is 16.5. The van der Waals surface area contributed by atoms with Crippen molar-refractivity contribution < 1.29 is 28.7 Å². The first-order valence-corrected chi connectivity index (χ1v) is 13.1. The predicted molar refractivity (Wildman–Crippen MR) is 147 cm³/mol. The number of hydrogen-bond acceptors (Lipinski definition) is 7. The van der Waals surface area contributed by atoms with Crippen molar-refractivity contribution in [3.8, 4) is 5.75 Å². The molecule has 0 radical (unpaired) electrons. The molecular formula is C29H36N4O6. The number of primary amides is 1. The summed E-state index contributed by atoms with van der Waals surface area (Å²) < 4.78 is 5.82. The Morgan fingerprint density at radius 2 is 1.82 bits per heavy atom. The van der Waals surface area contributed by atoms with Gasteiger partial charge in [0.2, 0.25) is 11.8 Å². The first-order valence-electron chi connectivity index (χ1n) is 13.1. The standard InChI is InChI=1S/C29H36N4O6/c1-31-27(36)10-6-24(19-35)32(2)29(38)26-9-5-23(17-22(26)18-34)33-14-11-20(12-15-33)13-16-39-25-7-3-21(4-8-25)28(30)37/h3-5,7-9,17-20,24H,6,10-16H2,1-2H3,(H2,30,37)(H,31,36). The van der Waals surface area contributed by atoms with E-state index in [1.165, 1.54) is 19.0 Å². The van der Waals surface area contributed by atoms with Crippen LogP contribution in [0.15, 0.2) is 42.5 Å². The lowest BCUT2D eigenvalue weighted by atomic mass is 9.93. The number of rotatable bonds is 13. The maximum Gasteiger partial charge on any atom is 0.254 e. The van der Waals surface area contributed by atoms with Crippen LogP contribution in [0.4, 0.5) is 5.69 Å². The molecule has 1 heterocycles. The lowest BCUT2D eigenvalue weighted by molar-refractivity contribution is -0.121. The number of nitrogens with one attached hydrogen (secondary N) is 1. The second-order valence-electron chi connectivity index (χ2n) is 9.68. The number of carbonyl (C=O) groups is 5. The normalized spacial score (nSPS) is 14.3. The molecular weight excluding hydrogens is 500 g/mol. The molecule has 3 N–H and O–H groups in total. The van der Waals surface area contributed by atoms with Crippen molar-refractivity contribution in [1.29, 1.82) is 0 Å². The number of aldehydes is 2. The molecule has 0 saturated carbocycles. The van der Waals surface area contributed by atoms with E-state index in [1.807, 2.05) is 6.07 Å². The number of anilines is 1. The van der Waals surface area contributed by atoms with Crippen molar-refractivity contribution in [3.05, 3.63) is 59.2 Å². The van der Waals surface area contributed by atoms with Gasteiger partial charge >= 0.3 is 0 Å². The zero-order valence-electron chi connectivity index (χ0n) is 22.4. The Balaban J connectivity index is 1.53. The Hall–Kier alpha value is -4.21. The van der Waals surface area contributed by atoms with Crippen LogP contribution in [0.25, 0.3) is 0 Å². The van der Waals surface area contributed by atoms with E-state index in [2.05, 4.69) is 10.2 Å². The molecule has 3 amide bonds. The highest BCUT2D eigenvalue weighted by Gasteiger charge is 2.25. The highest BCUT2D eigenvalue weighted by molar-refractivity contribution is 6.03. The van der Waals surface area contributed by atoms with Gasteiger partial charge in [-0.15, -0.1) is 0 Å². The van der Waals surface area contributed by atoms with Crippen molar-refractivity contribution in [2.45, 2.75) is 38.1 Å². The van der Waals surface area contributed by atoms with Crippen LogP contribution in [0.1, 0.15) is 63.2 Å². The number of hydrogen-bond donors (Lipinski definition) is 2. The predicted octanol–water partition coefficient (Wildman–Crippen LogP) is 2.45. The Morgan fingerprint density at radius 1 is 1.13 bits per heavy atom. The monoisotopic (exact) mass is 536 g/mol. The molecule has 208 valence electrons. The molecule has 1 atom stereocenters. The average molecular weight is 537 g/mol. The summed E-state index contributed by atoms with van der Waals surface area (Å²) >= 11 is 0. The summed E-state index contributed by atoms with van der Waals surface area (Å²) in [5, 5.41) is 2.50. The Labute approximate surface area is 228 Å². The molecule has 39 heavy (non-hydrogen) atoms. The number of piperidine rings is 1. The van der Waals surface area contributed by atoms with Crippen molar-refractivity contribution in [2.24, 2.45) is 11.7 Å². The first-order chi connectivity index (χ1) is 18.8. The molecule has 10 heteroatoms. The summed E-state index contributed by atoms with van der Waals surface area (Å²) in [5.74, 6) is 0.0726. The molecule has 1 aliphatic rings. The van der Waals surface area contributed by atoms with Crippen LogP contribution in [-0.2, 0) is 9.59 Å². The number of ether oxygens (including phenoxy) is 1. The van der Waals surface area contributed by atoms with Gasteiger partial charge < -0.3 is 30.4 Å². The third-order valence-electron chi connectivity index (χ3n) is 7.23. The molecule has 2 aromatic rings. The van der Waals surface area contributed by atoms with Gasteiger partial charge in [-0.25, -0.2) is 0 Å². The quantitative estimate of drug-likeness (QED) is 0.375. The van der Waals surface area contributed by atoms with E-state index in [-0.39, 0.29) is 29.9 Å². The number of benzene rings is 2. The van der Waals surface area contributed by atoms with Gasteiger partial charge in [0.15, 0.2) is 6.29 Å². The third-order valence-corrected chi connectivity index (χ3v) is 7.23. The van der Waals surface area contributed by atoms with Crippen LogP contribution in [0.5, 0.6) is 5.75 Å². The highest BCUT2D eigenvalue weighted by Crippen LogP contribution is 2.27. The SMILES string of the molecule is CNC(=O)CCC(C=O)N(C)C(=O)c1ccc(N2CCC(CCOc3ccc(C(N)=O)cc3)CC2)cc1C=O. The molecule has 0 spiro atoms. The van der Waals surface area contributed by atoms with E-state index in [1.54, 1.807) is 36.4 Å². The largest absolute Gasteiger partial charge is 0.494 e. The van der Waals surface area contributed by atoms with Crippen LogP contribution in [0.3, 0.4) is 0 Å². The summed E-state index contributed by atoms with van der Waals surface area (Å²) in [4.78, 5) is 62.7. The number of nitrogens with two attached hydrogens (primary N) is 1. The number of carbonyl (C=O) groups excluding carboxylic acids is 5. The Morgan fingerprint density at radius 3 is 2.41 bits per heavy atom. The van der Waals surface area contributed by atoms with Gasteiger partial charge in [0, 0.05) is 50.4 Å². The first kappa shape index (κ1) is 29.3. The molecule has 0 aromatic heterocycles. The minimum atomic E-state index is -0.772. The molecule has 0 aliphatic carbocycles. The summed E-state index contributed by atoms with van der Waals surface area (Å²) in [6, 6.07) is 11.2. The topological polar surface area (TPSA) is 139 Å². The van der Waals surface area contributed by atoms with Crippen LogP contribution >= 0.6 is 0 Å².